The fourth-order valence-electron chi connectivity index (χ4n) is 10.6. The van der Waals surface area contributed by atoms with Crippen LogP contribution in [0.2, 0.25) is 0 Å². The molecular weight excluding hydrogens is 821 g/mol. The second kappa shape index (κ2) is 19.7. The van der Waals surface area contributed by atoms with Crippen molar-refractivity contribution in [2.24, 2.45) is 0 Å². The molecule has 0 bridgehead atoms. The molecule has 0 amide bonds. The number of benzene rings is 10. The van der Waals surface area contributed by atoms with E-state index < -0.39 is 0 Å². The highest BCUT2D eigenvalue weighted by Crippen LogP contribution is 2.52. The van der Waals surface area contributed by atoms with E-state index in [-0.39, 0.29) is 12.1 Å². The normalized spacial score (nSPS) is 14.5. The third-order valence-corrected chi connectivity index (χ3v) is 13.6. The van der Waals surface area contributed by atoms with Crippen molar-refractivity contribution in [1.82, 2.24) is 0 Å². The van der Waals surface area contributed by atoms with Gasteiger partial charge in [0.15, 0.2) is 0 Å². The molecule has 2 atom stereocenters. The van der Waals surface area contributed by atoms with Gasteiger partial charge in [0.05, 0.1) is 0 Å². The molecule has 0 aliphatic heterocycles. The molecule has 10 aromatic carbocycles. The van der Waals surface area contributed by atoms with Crippen molar-refractivity contribution in [1.29, 1.82) is 0 Å². The summed E-state index contributed by atoms with van der Waals surface area (Å²) in [6.07, 6.45) is 4.37. The molecule has 2 heteroatoms. The third-order valence-electron chi connectivity index (χ3n) is 13.6. The van der Waals surface area contributed by atoms with Crippen LogP contribution in [0.4, 0.5) is 11.4 Å². The first-order chi connectivity index (χ1) is 33.8. The highest BCUT2D eigenvalue weighted by Gasteiger charge is 2.31. The van der Waals surface area contributed by atoms with E-state index in [9.17, 15) is 0 Å². The summed E-state index contributed by atoms with van der Waals surface area (Å²) in [5.74, 6) is 0. The summed E-state index contributed by atoms with van der Waals surface area (Å²) in [6.45, 7) is 0. The Bertz CT molecular complexity index is 3010. The number of nitrogens with one attached hydrogen (secondary N) is 2. The van der Waals surface area contributed by atoms with Crippen LogP contribution in [0.3, 0.4) is 0 Å². The standard InChI is InChI=1S/C66H54N2/c1-9-27-47(28-10-1)55-45-59(63(51-35-17-5-18-36-51)65(53-39-21-7-22-40-53)61(55)49-31-13-3-14-32-49)67-57-43-25-26-44-58(57)68-60-46-56(48-29-11-2-12-30-48)62(50-33-15-4-16-34-50)66(54-41-23-8-24-42-54)64(60)52-37-19-6-20-38-52/h1-24,27-42,45-46,57-58,67-68H,25-26,43-44H2/t57-,58-/m1/s1. The third kappa shape index (κ3) is 8.65. The minimum Gasteiger partial charge on any atom is -0.380 e. The summed E-state index contributed by atoms with van der Waals surface area (Å²) in [5.41, 5.74) is 21.6. The van der Waals surface area contributed by atoms with Crippen molar-refractivity contribution in [3.63, 3.8) is 0 Å². The molecule has 0 heterocycles. The van der Waals surface area contributed by atoms with Crippen molar-refractivity contribution in [3.8, 4) is 89.0 Å². The number of hydrogen-bond donors (Lipinski definition) is 2. The summed E-state index contributed by atoms with van der Waals surface area (Å²) < 4.78 is 0. The van der Waals surface area contributed by atoms with Crippen LogP contribution in [0.15, 0.2) is 255 Å². The van der Waals surface area contributed by atoms with Crippen LogP contribution in [-0.2, 0) is 0 Å². The van der Waals surface area contributed by atoms with Crippen LogP contribution < -0.4 is 10.6 Å². The largest absolute Gasteiger partial charge is 0.380 e. The summed E-state index contributed by atoms with van der Waals surface area (Å²) >= 11 is 0. The summed E-state index contributed by atoms with van der Waals surface area (Å²) in [4.78, 5) is 0. The Hall–Kier alpha value is -8.20. The first-order valence-corrected chi connectivity index (χ1v) is 24.2. The zero-order valence-electron chi connectivity index (χ0n) is 38.2. The maximum Gasteiger partial charge on any atom is 0.0462 e. The van der Waals surface area contributed by atoms with Gasteiger partial charge in [0.25, 0.3) is 0 Å². The van der Waals surface area contributed by atoms with Gasteiger partial charge < -0.3 is 10.6 Å². The molecule has 0 aromatic heterocycles. The molecular formula is C66H54N2. The van der Waals surface area contributed by atoms with Gasteiger partial charge in [0, 0.05) is 45.7 Å². The van der Waals surface area contributed by atoms with E-state index >= 15 is 0 Å². The van der Waals surface area contributed by atoms with Crippen LogP contribution in [-0.4, -0.2) is 12.1 Å². The Morgan fingerprint density at radius 3 is 0.721 bits per heavy atom. The lowest BCUT2D eigenvalue weighted by molar-refractivity contribution is 0.424. The minimum absolute atomic E-state index is 0.124. The Balaban J connectivity index is 1.13. The van der Waals surface area contributed by atoms with Crippen molar-refractivity contribution in [2.75, 3.05) is 10.6 Å². The van der Waals surface area contributed by atoms with Crippen LogP contribution in [0.1, 0.15) is 25.7 Å². The van der Waals surface area contributed by atoms with E-state index in [0.717, 1.165) is 37.1 Å². The van der Waals surface area contributed by atoms with Crippen molar-refractivity contribution < 1.29 is 0 Å². The average molecular weight is 875 g/mol. The molecule has 0 spiro atoms. The second-order valence-corrected chi connectivity index (χ2v) is 17.9. The van der Waals surface area contributed by atoms with Crippen LogP contribution in [0, 0.1) is 0 Å². The highest BCUT2D eigenvalue weighted by atomic mass is 15.0. The molecule has 1 aliphatic rings. The van der Waals surface area contributed by atoms with E-state index in [4.69, 9.17) is 0 Å². The average Bonchev–Trinajstić information content (AvgIpc) is 3.42. The first kappa shape index (κ1) is 42.4. The topological polar surface area (TPSA) is 24.1 Å². The van der Waals surface area contributed by atoms with Gasteiger partial charge in [-0.3, -0.25) is 0 Å². The Morgan fingerprint density at radius 1 is 0.235 bits per heavy atom. The lowest BCUT2D eigenvalue weighted by Gasteiger charge is -2.37. The molecule has 1 fully saturated rings. The van der Waals surface area contributed by atoms with Crippen LogP contribution in [0.5, 0.6) is 0 Å². The highest BCUT2D eigenvalue weighted by molar-refractivity contribution is 6.08. The fourth-order valence-corrected chi connectivity index (χ4v) is 10.6. The van der Waals surface area contributed by atoms with E-state index in [1.54, 1.807) is 0 Å². The van der Waals surface area contributed by atoms with Gasteiger partial charge in [-0.25, -0.2) is 0 Å². The molecule has 11 rings (SSSR count). The van der Waals surface area contributed by atoms with Gasteiger partial charge in [-0.05, 0) is 91.7 Å². The molecule has 0 radical (unpaired) electrons. The molecule has 0 unspecified atom stereocenters. The predicted molar refractivity (Wildman–Crippen MR) is 290 cm³/mol. The van der Waals surface area contributed by atoms with Crippen molar-refractivity contribution in [3.05, 3.63) is 255 Å². The van der Waals surface area contributed by atoms with Gasteiger partial charge >= 0.3 is 0 Å². The maximum absolute atomic E-state index is 4.34. The molecule has 328 valence electrons. The van der Waals surface area contributed by atoms with Gasteiger partial charge in [-0.15, -0.1) is 0 Å². The SMILES string of the molecule is c1ccc(-c2cc(N[C@@H]3CCCC[C@H]3Nc3cc(-c4ccccc4)c(-c4ccccc4)c(-c4ccccc4)c3-c3ccccc3)c(-c3ccccc3)c(-c3ccccc3)c2-c2ccccc2)cc1. The van der Waals surface area contributed by atoms with Gasteiger partial charge in [-0.1, -0.05) is 255 Å². The quantitative estimate of drug-likeness (QED) is 0.128. The maximum atomic E-state index is 4.34. The Labute approximate surface area is 401 Å². The lowest BCUT2D eigenvalue weighted by Crippen LogP contribution is -2.42. The molecule has 68 heavy (non-hydrogen) atoms. The number of hydrogen-bond acceptors (Lipinski definition) is 2. The summed E-state index contributed by atoms with van der Waals surface area (Å²) in [5, 5.41) is 8.69. The van der Waals surface area contributed by atoms with Crippen LogP contribution in [0.25, 0.3) is 89.0 Å². The molecule has 0 saturated heterocycles. The lowest BCUT2D eigenvalue weighted by atomic mass is 9.80. The second-order valence-electron chi connectivity index (χ2n) is 17.9. The Morgan fingerprint density at radius 2 is 0.456 bits per heavy atom. The monoisotopic (exact) mass is 874 g/mol. The number of rotatable bonds is 12. The fraction of sp³-hybridized carbons (Fsp3) is 0.0909. The van der Waals surface area contributed by atoms with Gasteiger partial charge in [0.2, 0.25) is 0 Å². The molecule has 2 N–H and O–H groups in total. The van der Waals surface area contributed by atoms with E-state index in [0.29, 0.717) is 0 Å². The number of anilines is 2. The minimum atomic E-state index is 0.124. The summed E-state index contributed by atoms with van der Waals surface area (Å²) in [6, 6.07) is 93.0. The molecule has 10 aromatic rings. The van der Waals surface area contributed by atoms with Crippen molar-refractivity contribution in [2.45, 2.75) is 37.8 Å². The predicted octanol–water partition coefficient (Wildman–Crippen LogP) is 17.9. The van der Waals surface area contributed by atoms with Gasteiger partial charge in [-0.2, -0.15) is 0 Å². The molecule has 1 saturated carbocycles. The molecule has 1 aliphatic carbocycles. The first-order valence-electron chi connectivity index (χ1n) is 24.2. The van der Waals surface area contributed by atoms with Gasteiger partial charge in [0.1, 0.15) is 0 Å². The van der Waals surface area contributed by atoms with Crippen LogP contribution >= 0.6 is 0 Å². The zero-order valence-corrected chi connectivity index (χ0v) is 38.2. The smallest absolute Gasteiger partial charge is 0.0462 e. The van der Waals surface area contributed by atoms with E-state index in [1.165, 1.54) is 89.0 Å². The van der Waals surface area contributed by atoms with Crippen molar-refractivity contribution >= 4 is 11.4 Å². The summed E-state index contributed by atoms with van der Waals surface area (Å²) in [7, 11) is 0. The molecule has 2 nitrogen and oxygen atoms in total. The van der Waals surface area contributed by atoms with E-state index in [1.807, 2.05) is 0 Å². The Kier molecular flexibility index (Phi) is 12.3. The van der Waals surface area contributed by atoms with E-state index in [2.05, 4.69) is 265 Å². The zero-order chi connectivity index (χ0) is 45.5.